The molecular weight excluding hydrogens is 253 g/mol. The molecule has 6 nitrogen and oxygen atoms in total. The van der Waals surface area contributed by atoms with Crippen LogP contribution in [0.4, 0.5) is 0 Å². The molecule has 18 heavy (non-hydrogen) atoms. The number of rotatable bonds is 6. The van der Waals surface area contributed by atoms with E-state index in [-0.39, 0.29) is 17.4 Å². The van der Waals surface area contributed by atoms with Crippen molar-refractivity contribution in [2.45, 2.75) is 32.7 Å². The molecule has 1 rings (SSSR count). The molecule has 0 amide bonds. The van der Waals surface area contributed by atoms with E-state index in [1.807, 2.05) is 13.8 Å². The van der Waals surface area contributed by atoms with E-state index in [9.17, 15) is 10.1 Å². The van der Waals surface area contributed by atoms with Crippen LogP contribution in [0.3, 0.4) is 0 Å². The lowest BCUT2D eigenvalue weighted by molar-refractivity contribution is -0.0158. The Labute approximate surface area is 108 Å². The molecule has 0 aromatic carbocycles. The van der Waals surface area contributed by atoms with Crippen molar-refractivity contribution in [3.63, 3.8) is 0 Å². The van der Waals surface area contributed by atoms with Gasteiger partial charge in [0.1, 0.15) is 6.04 Å². The van der Waals surface area contributed by atoms with E-state index in [0.717, 1.165) is 25.9 Å². The Morgan fingerprint density at radius 2 is 1.78 bits per heavy atom. The third kappa shape index (κ3) is 3.08. The van der Waals surface area contributed by atoms with Crippen LogP contribution in [0.5, 0.6) is 0 Å². The maximum atomic E-state index is 12.4. The van der Waals surface area contributed by atoms with Crippen molar-refractivity contribution in [1.82, 2.24) is 4.90 Å². The Kier molecular flexibility index (Phi) is 5.70. The first-order chi connectivity index (χ1) is 8.50. The van der Waals surface area contributed by atoms with Gasteiger partial charge in [-0.25, -0.2) is 4.57 Å². The van der Waals surface area contributed by atoms with Crippen molar-refractivity contribution < 1.29 is 18.4 Å². The molecule has 1 unspecified atom stereocenters. The van der Waals surface area contributed by atoms with Crippen LogP contribution in [0.2, 0.25) is 0 Å². The topological polar surface area (TPSA) is 75.2 Å². The summed E-state index contributed by atoms with van der Waals surface area (Å²) in [5.74, 6) is 0.160. The van der Waals surface area contributed by atoms with E-state index in [1.165, 1.54) is 14.2 Å². The van der Waals surface area contributed by atoms with Gasteiger partial charge in [-0.3, -0.25) is 4.90 Å². The average Bonchev–Trinajstić information content (AvgIpc) is 2.87. The van der Waals surface area contributed by atoms with Gasteiger partial charge >= 0.3 is 13.0 Å². The minimum Gasteiger partial charge on any atom is -0.361 e. The summed E-state index contributed by atoms with van der Waals surface area (Å²) in [6, 6.07) is -0.219. The van der Waals surface area contributed by atoms with Gasteiger partial charge in [0.2, 0.25) is 0 Å². The van der Waals surface area contributed by atoms with Crippen molar-refractivity contribution in [3.05, 3.63) is 5.53 Å². The third-order valence-corrected chi connectivity index (χ3v) is 5.17. The van der Waals surface area contributed by atoms with E-state index in [1.54, 1.807) is 0 Å². The van der Waals surface area contributed by atoms with Crippen molar-refractivity contribution in [1.29, 1.82) is 0 Å². The minimum atomic E-state index is -3.50. The molecule has 0 saturated carbocycles. The molecule has 7 heteroatoms. The average molecular weight is 275 g/mol. The Hall–Kier alpha value is -0.510. The van der Waals surface area contributed by atoms with Crippen molar-refractivity contribution in [2.75, 3.05) is 27.3 Å². The molecule has 0 aromatic rings. The highest BCUT2D eigenvalue weighted by Gasteiger charge is 2.48. The highest BCUT2D eigenvalue weighted by atomic mass is 31.2. The van der Waals surface area contributed by atoms with Crippen molar-refractivity contribution in [2.24, 2.45) is 5.92 Å². The maximum Gasteiger partial charge on any atom is 0.438 e. The standard InChI is InChI=1S/C11H22N3O3P/c1-9(2)10(14-7-5-6-8-14)11(13-12)18(15,16-3)17-4/h9-10H,5-8H2,1-4H3. The largest absolute Gasteiger partial charge is 0.438 e. The first-order valence-corrected chi connectivity index (χ1v) is 7.72. The smallest absolute Gasteiger partial charge is 0.361 e. The maximum absolute atomic E-state index is 12.4. The van der Waals surface area contributed by atoms with Gasteiger partial charge in [-0.15, -0.1) is 0 Å². The summed E-state index contributed by atoms with van der Waals surface area (Å²) in [5, 5.41) is 0. The fraction of sp³-hybridized carbons (Fsp3) is 0.909. The van der Waals surface area contributed by atoms with E-state index < -0.39 is 7.60 Å². The summed E-state index contributed by atoms with van der Waals surface area (Å²) < 4.78 is 22.3. The number of hydrogen-bond acceptors (Lipinski definition) is 4. The van der Waals surface area contributed by atoms with Crippen LogP contribution in [0.15, 0.2) is 0 Å². The van der Waals surface area contributed by atoms with Gasteiger partial charge in [-0.2, -0.15) is 4.79 Å². The molecule has 0 aromatic heterocycles. The molecule has 0 spiro atoms. The minimum absolute atomic E-state index is 0.101. The zero-order valence-corrected chi connectivity index (χ0v) is 12.4. The predicted molar refractivity (Wildman–Crippen MR) is 69.7 cm³/mol. The number of nitrogens with zero attached hydrogens (tertiary/aromatic N) is 3. The normalized spacial score (nSPS) is 18.9. The summed E-state index contributed by atoms with van der Waals surface area (Å²) >= 11 is 0. The van der Waals surface area contributed by atoms with Gasteiger partial charge in [0.05, 0.1) is 0 Å². The van der Waals surface area contributed by atoms with Crippen molar-refractivity contribution in [3.8, 4) is 0 Å². The third-order valence-electron chi connectivity index (χ3n) is 3.29. The number of likely N-dealkylation sites (tertiary alicyclic amines) is 1. The summed E-state index contributed by atoms with van der Waals surface area (Å²) in [6.07, 6.45) is 2.21. The lowest BCUT2D eigenvalue weighted by Gasteiger charge is -2.28. The molecule has 0 aliphatic carbocycles. The molecule has 1 heterocycles. The lowest BCUT2D eigenvalue weighted by Crippen LogP contribution is -2.43. The summed E-state index contributed by atoms with van der Waals surface area (Å²) in [5.41, 5.74) is 9.33. The first-order valence-electron chi connectivity index (χ1n) is 6.18. The molecule has 0 radical (unpaired) electrons. The van der Waals surface area contributed by atoms with Gasteiger partial charge in [-0.05, 0) is 31.8 Å². The van der Waals surface area contributed by atoms with Crippen LogP contribution in [0.25, 0.3) is 5.53 Å². The van der Waals surface area contributed by atoms with E-state index in [0.29, 0.717) is 0 Å². The van der Waals surface area contributed by atoms with E-state index >= 15 is 0 Å². The fourth-order valence-corrected chi connectivity index (χ4v) is 3.86. The predicted octanol–water partition coefficient (Wildman–Crippen LogP) is 2.22. The molecule has 1 aliphatic rings. The van der Waals surface area contributed by atoms with Gasteiger partial charge in [0.15, 0.2) is 0 Å². The van der Waals surface area contributed by atoms with Crippen LogP contribution in [0, 0.1) is 5.92 Å². The second kappa shape index (κ2) is 6.60. The monoisotopic (exact) mass is 275 g/mol. The first kappa shape index (κ1) is 15.5. The molecule has 0 bridgehead atoms. The van der Waals surface area contributed by atoms with E-state index in [2.05, 4.69) is 9.69 Å². The summed E-state index contributed by atoms with van der Waals surface area (Å²) in [4.78, 5) is 5.40. The SMILES string of the molecule is COP(=O)(OC)C(=[N+]=[N-])C(C(C)C)N1CCCC1. The van der Waals surface area contributed by atoms with Gasteiger partial charge in [0, 0.05) is 14.2 Å². The Morgan fingerprint density at radius 3 is 2.11 bits per heavy atom. The van der Waals surface area contributed by atoms with Crippen LogP contribution < -0.4 is 0 Å². The van der Waals surface area contributed by atoms with Gasteiger partial charge in [-0.1, -0.05) is 13.8 Å². The summed E-state index contributed by atoms with van der Waals surface area (Å²) in [6.45, 7) is 5.83. The second-order valence-electron chi connectivity index (χ2n) is 4.75. The van der Waals surface area contributed by atoms with Gasteiger partial charge < -0.3 is 14.6 Å². The molecule has 1 saturated heterocycles. The van der Waals surface area contributed by atoms with Crippen molar-refractivity contribution >= 4 is 13.0 Å². The van der Waals surface area contributed by atoms with Gasteiger partial charge in [0.25, 0.3) is 0 Å². The highest BCUT2D eigenvalue weighted by Crippen LogP contribution is 2.50. The Bertz CT molecular complexity index is 366. The molecule has 1 aliphatic heterocycles. The zero-order valence-electron chi connectivity index (χ0n) is 11.5. The fourth-order valence-electron chi connectivity index (χ4n) is 2.44. The van der Waals surface area contributed by atoms with Crippen LogP contribution >= 0.6 is 7.60 Å². The quantitative estimate of drug-likeness (QED) is 0.322. The summed E-state index contributed by atoms with van der Waals surface area (Å²) in [7, 11) is -0.891. The van der Waals surface area contributed by atoms with E-state index in [4.69, 9.17) is 9.05 Å². The van der Waals surface area contributed by atoms with Crippen LogP contribution in [0.1, 0.15) is 26.7 Å². The molecule has 1 atom stereocenters. The molecular formula is C11H22N3O3P. The zero-order chi connectivity index (χ0) is 13.8. The van der Waals surface area contributed by atoms with Crippen LogP contribution in [-0.4, -0.2) is 48.5 Å². The Morgan fingerprint density at radius 1 is 1.28 bits per heavy atom. The van der Waals surface area contributed by atoms with Crippen LogP contribution in [-0.2, 0) is 13.6 Å². The Balaban J connectivity index is 3.10. The molecule has 104 valence electrons. The molecule has 1 fully saturated rings. The lowest BCUT2D eigenvalue weighted by atomic mass is 10.0. The highest BCUT2D eigenvalue weighted by molar-refractivity contribution is 7.72. The molecule has 0 N–H and O–H groups in total. The number of hydrogen-bond donors (Lipinski definition) is 0. The second-order valence-corrected chi connectivity index (χ2v) is 6.94.